The van der Waals surface area contributed by atoms with Crippen molar-refractivity contribution in [3.63, 3.8) is 0 Å². The highest BCUT2D eigenvalue weighted by molar-refractivity contribution is 7.14. The summed E-state index contributed by atoms with van der Waals surface area (Å²) in [5, 5.41) is 3.74. The van der Waals surface area contributed by atoms with Gasteiger partial charge in [0.15, 0.2) is 14.6 Å². The maximum atomic E-state index is 11.0. The van der Waals surface area contributed by atoms with Crippen molar-refractivity contribution >= 4 is 43.8 Å². The third kappa shape index (κ3) is 8.20. The summed E-state index contributed by atoms with van der Waals surface area (Å²) in [7, 11) is -1.71. The SMILES string of the molecule is CC(C)(C)[Si](C)(C)OCCCNc1ccc(C=Cc2ccc(C=O)s2)c(OCc2ccccc2)c1. The highest BCUT2D eigenvalue weighted by Gasteiger charge is 2.36. The van der Waals surface area contributed by atoms with Crippen LogP contribution in [0.3, 0.4) is 0 Å². The molecule has 1 N–H and O–H groups in total. The van der Waals surface area contributed by atoms with Gasteiger partial charge < -0.3 is 14.5 Å². The number of rotatable bonds is 12. The Morgan fingerprint density at radius 1 is 0.971 bits per heavy atom. The summed E-state index contributed by atoms with van der Waals surface area (Å²) in [6.07, 6.45) is 5.89. The lowest BCUT2D eigenvalue weighted by Crippen LogP contribution is -2.41. The predicted molar refractivity (Wildman–Crippen MR) is 152 cm³/mol. The fourth-order valence-electron chi connectivity index (χ4n) is 3.18. The molecule has 3 aromatic rings. The lowest BCUT2D eigenvalue weighted by atomic mass is 10.1. The zero-order valence-corrected chi connectivity index (χ0v) is 23.3. The molecule has 0 aliphatic rings. The summed E-state index contributed by atoms with van der Waals surface area (Å²) >= 11 is 1.47. The average Bonchev–Trinajstić information content (AvgIpc) is 3.30. The molecular weight excluding hydrogens is 470 g/mol. The van der Waals surface area contributed by atoms with Crippen LogP contribution in [0.1, 0.15) is 52.9 Å². The molecule has 0 aliphatic heterocycles. The van der Waals surface area contributed by atoms with E-state index >= 15 is 0 Å². The van der Waals surface area contributed by atoms with Gasteiger partial charge in [0, 0.05) is 35.3 Å². The number of ether oxygens (including phenoxy) is 1. The van der Waals surface area contributed by atoms with E-state index in [1.807, 2.05) is 42.5 Å². The molecular formula is C29H37NO3SSi. The van der Waals surface area contributed by atoms with Crippen molar-refractivity contribution in [3.8, 4) is 5.75 Å². The number of nitrogens with one attached hydrogen (secondary N) is 1. The number of benzene rings is 2. The number of carbonyl (C=O) groups is 1. The quantitative estimate of drug-likeness (QED) is 0.153. The van der Waals surface area contributed by atoms with Crippen LogP contribution >= 0.6 is 11.3 Å². The first-order chi connectivity index (χ1) is 16.7. The van der Waals surface area contributed by atoms with Crippen LogP contribution in [0.4, 0.5) is 5.69 Å². The summed E-state index contributed by atoms with van der Waals surface area (Å²) in [5.41, 5.74) is 3.14. The topological polar surface area (TPSA) is 47.6 Å². The first-order valence-corrected chi connectivity index (χ1v) is 15.8. The van der Waals surface area contributed by atoms with Gasteiger partial charge in [-0.2, -0.15) is 0 Å². The average molecular weight is 508 g/mol. The van der Waals surface area contributed by atoms with E-state index in [0.29, 0.717) is 6.61 Å². The second kappa shape index (κ2) is 12.3. The zero-order chi connectivity index (χ0) is 25.3. The van der Waals surface area contributed by atoms with Gasteiger partial charge in [-0.3, -0.25) is 4.79 Å². The Bertz CT molecular complexity index is 1120. The van der Waals surface area contributed by atoms with Crippen molar-refractivity contribution < 1.29 is 14.0 Å². The van der Waals surface area contributed by atoms with Crippen LogP contribution in [0.5, 0.6) is 5.75 Å². The van der Waals surface area contributed by atoms with Gasteiger partial charge in [0.05, 0.1) is 4.88 Å². The maximum absolute atomic E-state index is 11.0. The smallest absolute Gasteiger partial charge is 0.191 e. The normalized spacial score (nSPS) is 12.1. The molecule has 0 amide bonds. The fraction of sp³-hybridized carbons (Fsp3) is 0.345. The molecule has 0 saturated heterocycles. The molecule has 0 unspecified atom stereocenters. The van der Waals surface area contributed by atoms with Gasteiger partial charge in [0.25, 0.3) is 0 Å². The van der Waals surface area contributed by atoms with Crippen molar-refractivity contribution in [1.29, 1.82) is 0 Å². The van der Waals surface area contributed by atoms with Crippen LogP contribution in [0, 0.1) is 0 Å². The molecule has 0 spiro atoms. The number of hydrogen-bond donors (Lipinski definition) is 1. The summed E-state index contributed by atoms with van der Waals surface area (Å²) in [6, 6.07) is 20.2. The highest BCUT2D eigenvalue weighted by Crippen LogP contribution is 2.36. The van der Waals surface area contributed by atoms with Crippen LogP contribution in [0.2, 0.25) is 18.1 Å². The number of carbonyl (C=O) groups excluding carboxylic acids is 1. The molecule has 0 bridgehead atoms. The number of anilines is 1. The Morgan fingerprint density at radius 3 is 2.40 bits per heavy atom. The molecule has 0 aliphatic carbocycles. The number of aldehydes is 1. The molecule has 6 heteroatoms. The van der Waals surface area contributed by atoms with Crippen molar-refractivity contribution in [3.05, 3.63) is 81.5 Å². The number of hydrogen-bond acceptors (Lipinski definition) is 5. The Morgan fingerprint density at radius 2 is 1.71 bits per heavy atom. The van der Waals surface area contributed by atoms with Crippen molar-refractivity contribution in [2.75, 3.05) is 18.5 Å². The molecule has 35 heavy (non-hydrogen) atoms. The van der Waals surface area contributed by atoms with E-state index < -0.39 is 8.32 Å². The predicted octanol–water partition coefficient (Wildman–Crippen LogP) is 8.13. The third-order valence-electron chi connectivity index (χ3n) is 6.36. The van der Waals surface area contributed by atoms with Crippen LogP contribution in [0.25, 0.3) is 12.2 Å². The molecule has 2 aromatic carbocycles. The Balaban J connectivity index is 1.65. The van der Waals surface area contributed by atoms with Gasteiger partial charge in [-0.05, 0) is 66.5 Å². The van der Waals surface area contributed by atoms with Crippen LogP contribution < -0.4 is 10.1 Å². The van der Waals surface area contributed by atoms with Gasteiger partial charge in [0.1, 0.15) is 12.4 Å². The molecule has 0 fully saturated rings. The molecule has 1 heterocycles. The van der Waals surface area contributed by atoms with Gasteiger partial charge in [-0.1, -0.05) is 51.1 Å². The van der Waals surface area contributed by atoms with Crippen molar-refractivity contribution in [1.82, 2.24) is 0 Å². The fourth-order valence-corrected chi connectivity index (χ4v) is 5.00. The minimum atomic E-state index is -1.71. The Labute approximate surface area is 215 Å². The van der Waals surface area contributed by atoms with Gasteiger partial charge >= 0.3 is 0 Å². The molecule has 0 radical (unpaired) electrons. The van der Waals surface area contributed by atoms with Crippen LogP contribution in [0.15, 0.2) is 60.7 Å². The second-order valence-corrected chi connectivity index (χ2v) is 16.1. The molecule has 186 valence electrons. The summed E-state index contributed by atoms with van der Waals surface area (Å²) in [5.74, 6) is 0.819. The van der Waals surface area contributed by atoms with Gasteiger partial charge in [-0.25, -0.2) is 0 Å². The lowest BCUT2D eigenvalue weighted by Gasteiger charge is -2.36. The second-order valence-electron chi connectivity index (χ2n) is 10.1. The van der Waals surface area contributed by atoms with Crippen LogP contribution in [-0.2, 0) is 11.0 Å². The molecule has 4 nitrogen and oxygen atoms in total. The van der Waals surface area contributed by atoms with Crippen molar-refractivity contribution in [2.45, 2.75) is 51.9 Å². The van der Waals surface area contributed by atoms with Crippen LogP contribution in [-0.4, -0.2) is 27.8 Å². The Hall–Kier alpha value is -2.67. The van der Waals surface area contributed by atoms with E-state index in [0.717, 1.165) is 58.2 Å². The van der Waals surface area contributed by atoms with Gasteiger partial charge in [0.2, 0.25) is 0 Å². The standard InChI is InChI=1S/C29H37NO3SSi/c1-29(2,3)35(4,5)33-19-9-18-30-25-14-12-24(13-15-26-16-17-27(21-31)34-26)28(20-25)32-22-23-10-7-6-8-11-23/h6-8,10-17,20-21,30H,9,18-19,22H2,1-5H3. The Kier molecular flexibility index (Phi) is 9.49. The largest absolute Gasteiger partial charge is 0.488 e. The van der Waals surface area contributed by atoms with E-state index in [1.165, 1.54) is 11.3 Å². The van der Waals surface area contributed by atoms with Gasteiger partial charge in [-0.15, -0.1) is 11.3 Å². The van der Waals surface area contributed by atoms with E-state index in [9.17, 15) is 4.79 Å². The molecule has 1 aromatic heterocycles. The van der Waals surface area contributed by atoms with E-state index in [4.69, 9.17) is 9.16 Å². The maximum Gasteiger partial charge on any atom is 0.191 e. The number of thiophene rings is 1. The molecule has 0 saturated carbocycles. The van der Waals surface area contributed by atoms with E-state index in [1.54, 1.807) is 0 Å². The van der Waals surface area contributed by atoms with E-state index in [-0.39, 0.29) is 5.04 Å². The highest BCUT2D eigenvalue weighted by atomic mass is 32.1. The van der Waals surface area contributed by atoms with Crippen molar-refractivity contribution in [2.24, 2.45) is 0 Å². The first-order valence-electron chi connectivity index (χ1n) is 12.1. The first kappa shape index (κ1) is 26.9. The molecule has 0 atom stereocenters. The minimum absolute atomic E-state index is 0.229. The minimum Gasteiger partial charge on any atom is -0.488 e. The summed E-state index contributed by atoms with van der Waals surface area (Å²) in [6.45, 7) is 13.5. The molecule has 3 rings (SSSR count). The zero-order valence-electron chi connectivity index (χ0n) is 21.5. The summed E-state index contributed by atoms with van der Waals surface area (Å²) < 4.78 is 12.5. The van der Waals surface area contributed by atoms with E-state index in [2.05, 4.69) is 69.5 Å². The lowest BCUT2D eigenvalue weighted by molar-refractivity contribution is 0.112. The monoisotopic (exact) mass is 507 g/mol. The summed E-state index contributed by atoms with van der Waals surface area (Å²) in [4.78, 5) is 12.7. The third-order valence-corrected chi connectivity index (χ3v) is 11.9.